The van der Waals surface area contributed by atoms with E-state index in [4.69, 9.17) is 14.2 Å². The van der Waals surface area contributed by atoms with Crippen molar-refractivity contribution in [3.63, 3.8) is 0 Å². The highest BCUT2D eigenvalue weighted by molar-refractivity contribution is 7.35. The lowest BCUT2D eigenvalue weighted by atomic mass is 9.97. The summed E-state index contributed by atoms with van der Waals surface area (Å²) in [5, 5.41) is 0.669. The van der Waals surface area contributed by atoms with Gasteiger partial charge in [-0.15, -0.1) is 0 Å². The number of thiophene rings is 1. The summed E-state index contributed by atoms with van der Waals surface area (Å²) in [7, 11) is 0.0353. The van der Waals surface area contributed by atoms with Crippen molar-refractivity contribution in [2.45, 2.75) is 32.6 Å². The lowest BCUT2D eigenvalue weighted by Crippen LogP contribution is -2.33. The SMILES string of the molecule is CCCOc1ccc(C(=O)c2c(-c3ccc(OCCN4CCCCC4)cc3)[s+]([O-])c3cc(OC)ccc23)cc1. The van der Waals surface area contributed by atoms with Crippen molar-refractivity contribution < 1.29 is 23.6 Å². The van der Waals surface area contributed by atoms with Crippen LogP contribution >= 0.6 is 10.8 Å². The van der Waals surface area contributed by atoms with E-state index in [1.165, 1.54) is 19.3 Å². The number of fused-ring (bicyclic) bond motifs is 1. The number of ketones is 1. The van der Waals surface area contributed by atoms with Crippen molar-refractivity contribution in [1.29, 1.82) is 0 Å². The fourth-order valence-electron chi connectivity index (χ4n) is 5.04. The van der Waals surface area contributed by atoms with E-state index in [0.29, 0.717) is 45.1 Å². The zero-order chi connectivity index (χ0) is 27.2. The Morgan fingerprint density at radius 2 is 1.51 bits per heavy atom. The number of ether oxygens (including phenoxy) is 3. The van der Waals surface area contributed by atoms with E-state index < -0.39 is 10.8 Å². The van der Waals surface area contributed by atoms with Crippen molar-refractivity contribution in [2.24, 2.45) is 0 Å². The number of piperidine rings is 1. The van der Waals surface area contributed by atoms with Gasteiger partial charge in [0.2, 0.25) is 0 Å². The number of likely N-dealkylation sites (tertiary alicyclic amines) is 1. The molecule has 1 fully saturated rings. The van der Waals surface area contributed by atoms with Gasteiger partial charge in [-0.1, -0.05) is 13.3 Å². The summed E-state index contributed by atoms with van der Waals surface area (Å²) >= 11 is 0. The lowest BCUT2D eigenvalue weighted by Gasteiger charge is -2.26. The van der Waals surface area contributed by atoms with Crippen LogP contribution in [0.4, 0.5) is 0 Å². The van der Waals surface area contributed by atoms with Crippen LogP contribution < -0.4 is 14.2 Å². The molecular formula is C32H35NO5S. The topological polar surface area (TPSA) is 71.1 Å². The molecule has 2 heterocycles. The number of methoxy groups -OCH3 is 1. The Morgan fingerprint density at radius 1 is 0.872 bits per heavy atom. The summed E-state index contributed by atoms with van der Waals surface area (Å²) in [6.07, 6.45) is 4.74. The molecule has 7 heteroatoms. The Hall–Kier alpha value is -3.39. The molecule has 0 N–H and O–H groups in total. The molecule has 0 saturated carbocycles. The maximum absolute atomic E-state index is 13.9. The molecule has 0 aliphatic carbocycles. The smallest absolute Gasteiger partial charge is 0.199 e. The van der Waals surface area contributed by atoms with Crippen molar-refractivity contribution >= 4 is 26.6 Å². The zero-order valence-corrected chi connectivity index (χ0v) is 23.4. The van der Waals surface area contributed by atoms with Gasteiger partial charge in [0.05, 0.1) is 24.7 Å². The second-order valence-corrected chi connectivity index (χ2v) is 11.2. The largest absolute Gasteiger partial charge is 0.590 e. The molecule has 0 radical (unpaired) electrons. The predicted octanol–water partition coefficient (Wildman–Crippen LogP) is 7.13. The van der Waals surface area contributed by atoms with E-state index in [9.17, 15) is 9.35 Å². The molecule has 3 aromatic carbocycles. The number of benzene rings is 3. The first kappa shape index (κ1) is 27.2. The number of hydrogen-bond donors (Lipinski definition) is 0. The fourth-order valence-corrected chi connectivity index (χ4v) is 6.59. The van der Waals surface area contributed by atoms with Crippen LogP contribution in [0.5, 0.6) is 17.2 Å². The first-order valence-corrected chi connectivity index (χ1v) is 14.8. The van der Waals surface area contributed by atoms with Gasteiger partial charge in [-0.2, -0.15) is 0 Å². The highest BCUT2D eigenvalue weighted by Crippen LogP contribution is 2.47. The van der Waals surface area contributed by atoms with E-state index in [2.05, 4.69) is 4.90 Å². The van der Waals surface area contributed by atoms with E-state index >= 15 is 0 Å². The van der Waals surface area contributed by atoms with Crippen molar-refractivity contribution in [3.05, 3.63) is 77.9 Å². The summed E-state index contributed by atoms with van der Waals surface area (Å²) < 4.78 is 31.4. The fraction of sp³-hybridized carbons (Fsp3) is 0.344. The third-order valence-corrected chi connectivity index (χ3v) is 8.68. The molecule has 1 unspecified atom stereocenters. The molecule has 4 aromatic rings. The summed E-state index contributed by atoms with van der Waals surface area (Å²) in [5.41, 5.74) is 1.70. The first-order valence-electron chi connectivity index (χ1n) is 13.7. The Morgan fingerprint density at radius 3 is 2.18 bits per heavy atom. The number of hydrogen-bond acceptors (Lipinski definition) is 6. The molecule has 1 atom stereocenters. The van der Waals surface area contributed by atoms with Gasteiger partial charge in [0.15, 0.2) is 15.4 Å². The van der Waals surface area contributed by atoms with Crippen LogP contribution in [0.25, 0.3) is 20.5 Å². The van der Waals surface area contributed by atoms with Gasteiger partial charge in [-0.3, -0.25) is 9.69 Å². The predicted molar refractivity (Wildman–Crippen MR) is 156 cm³/mol. The third-order valence-electron chi connectivity index (χ3n) is 7.13. The number of carbonyl (C=O) groups is 1. The van der Waals surface area contributed by atoms with E-state index in [1.807, 2.05) is 37.3 Å². The van der Waals surface area contributed by atoms with Crippen molar-refractivity contribution in [2.75, 3.05) is 40.0 Å². The van der Waals surface area contributed by atoms with Gasteiger partial charge < -0.3 is 18.8 Å². The van der Waals surface area contributed by atoms with Gasteiger partial charge in [-0.05, 0) is 104 Å². The molecule has 0 spiro atoms. The number of carbonyl (C=O) groups excluding carboxylic acids is 1. The standard InChI is InChI=1S/C32H35NO5S/c1-3-20-37-25-11-7-23(8-12-25)31(34)30-28-16-15-27(36-2)22-29(28)39(35)32(30)24-9-13-26(14-10-24)38-21-19-33-17-5-4-6-18-33/h7-16,22H,3-6,17-21H2,1-2H3. The maximum atomic E-state index is 13.9. The van der Waals surface area contributed by atoms with Crippen LogP contribution in [0, 0.1) is 0 Å². The molecule has 1 saturated heterocycles. The molecule has 39 heavy (non-hydrogen) atoms. The lowest BCUT2D eigenvalue weighted by molar-refractivity contribution is 0.104. The second kappa shape index (κ2) is 12.6. The van der Waals surface area contributed by atoms with Gasteiger partial charge in [0.25, 0.3) is 0 Å². The Bertz CT molecular complexity index is 1410. The Balaban J connectivity index is 1.44. The molecular weight excluding hydrogens is 510 g/mol. The van der Waals surface area contributed by atoms with Crippen LogP contribution in [0.1, 0.15) is 48.5 Å². The van der Waals surface area contributed by atoms with Gasteiger partial charge >= 0.3 is 0 Å². The molecule has 1 aromatic heterocycles. The van der Waals surface area contributed by atoms with Gasteiger partial charge in [0, 0.05) is 23.7 Å². The van der Waals surface area contributed by atoms with Crippen molar-refractivity contribution in [3.8, 4) is 27.7 Å². The van der Waals surface area contributed by atoms with Crippen LogP contribution in [-0.2, 0) is 0 Å². The zero-order valence-electron chi connectivity index (χ0n) is 22.6. The molecule has 0 bridgehead atoms. The Kier molecular flexibility index (Phi) is 8.81. The van der Waals surface area contributed by atoms with Crippen molar-refractivity contribution in [1.82, 2.24) is 4.90 Å². The molecule has 5 rings (SSSR count). The minimum absolute atomic E-state index is 0.175. The molecule has 1 aliphatic rings. The minimum atomic E-state index is -1.54. The quantitative estimate of drug-likeness (QED) is 0.148. The summed E-state index contributed by atoms with van der Waals surface area (Å²) in [4.78, 5) is 16.8. The summed E-state index contributed by atoms with van der Waals surface area (Å²) in [6, 6.07) is 20.1. The normalized spacial score (nSPS) is 14.4. The van der Waals surface area contributed by atoms with Crippen LogP contribution in [0.2, 0.25) is 0 Å². The van der Waals surface area contributed by atoms with E-state index in [0.717, 1.165) is 43.1 Å². The average molecular weight is 546 g/mol. The maximum Gasteiger partial charge on any atom is 0.199 e. The summed E-state index contributed by atoms with van der Waals surface area (Å²) in [6.45, 7) is 6.48. The highest BCUT2D eigenvalue weighted by atomic mass is 32.2. The Labute approximate surface area is 232 Å². The second-order valence-electron chi connectivity index (χ2n) is 9.81. The minimum Gasteiger partial charge on any atom is -0.590 e. The van der Waals surface area contributed by atoms with E-state index in [-0.39, 0.29) is 5.78 Å². The average Bonchev–Trinajstić information content (AvgIpc) is 3.28. The molecule has 204 valence electrons. The highest BCUT2D eigenvalue weighted by Gasteiger charge is 2.30. The molecule has 1 aliphatic heterocycles. The molecule has 0 amide bonds. The van der Waals surface area contributed by atoms with Crippen LogP contribution in [0.15, 0.2) is 66.7 Å². The monoisotopic (exact) mass is 545 g/mol. The first-order chi connectivity index (χ1) is 19.1. The van der Waals surface area contributed by atoms with E-state index in [1.54, 1.807) is 43.5 Å². The third kappa shape index (κ3) is 6.11. The van der Waals surface area contributed by atoms with Gasteiger partial charge in [0.1, 0.15) is 23.9 Å². The summed E-state index contributed by atoms with van der Waals surface area (Å²) in [5.74, 6) is 1.91. The molecule has 6 nitrogen and oxygen atoms in total. The van der Waals surface area contributed by atoms with Crippen LogP contribution in [0.3, 0.4) is 0 Å². The number of nitrogens with zero attached hydrogens (tertiary/aromatic N) is 1. The van der Waals surface area contributed by atoms with Crippen LogP contribution in [-0.4, -0.2) is 55.2 Å². The van der Waals surface area contributed by atoms with Gasteiger partial charge in [-0.25, -0.2) is 0 Å². The number of rotatable bonds is 11.